The standard InChI is InChI=1S/C16H22N4O/c1-12-7-8-20-11-14(18-15(20)9-12)10-17-16(21)19-13-5-3-2-4-6-13/h7-9,11,13H,2-6,10H2,1H3,(H2,17,19,21). The molecule has 0 radical (unpaired) electrons. The van der Waals surface area contributed by atoms with Crippen LogP contribution < -0.4 is 10.6 Å². The molecule has 2 aromatic heterocycles. The molecule has 0 atom stereocenters. The maximum atomic E-state index is 11.9. The van der Waals surface area contributed by atoms with Gasteiger partial charge in [-0.2, -0.15) is 0 Å². The molecule has 3 rings (SSSR count). The summed E-state index contributed by atoms with van der Waals surface area (Å²) in [7, 11) is 0. The highest BCUT2D eigenvalue weighted by Gasteiger charge is 2.15. The second-order valence-corrected chi connectivity index (χ2v) is 5.86. The van der Waals surface area contributed by atoms with E-state index in [9.17, 15) is 4.79 Å². The highest BCUT2D eigenvalue weighted by molar-refractivity contribution is 5.74. The van der Waals surface area contributed by atoms with Gasteiger partial charge in [0.25, 0.3) is 0 Å². The van der Waals surface area contributed by atoms with Crippen LogP contribution in [0.3, 0.4) is 0 Å². The molecular formula is C16H22N4O. The fourth-order valence-corrected chi connectivity index (χ4v) is 2.88. The van der Waals surface area contributed by atoms with Gasteiger partial charge in [0.1, 0.15) is 5.65 Å². The molecule has 2 aromatic rings. The molecule has 2 N–H and O–H groups in total. The second kappa shape index (κ2) is 6.16. The summed E-state index contributed by atoms with van der Waals surface area (Å²) in [5, 5.41) is 5.94. The third kappa shape index (κ3) is 3.54. The molecule has 0 aromatic carbocycles. The van der Waals surface area contributed by atoms with Crippen molar-refractivity contribution in [3.8, 4) is 0 Å². The Morgan fingerprint density at radius 3 is 3.00 bits per heavy atom. The molecule has 0 aliphatic heterocycles. The van der Waals surface area contributed by atoms with Crippen LogP contribution in [0.5, 0.6) is 0 Å². The zero-order valence-corrected chi connectivity index (χ0v) is 12.4. The fraction of sp³-hybridized carbons (Fsp3) is 0.500. The van der Waals surface area contributed by atoms with E-state index in [0.717, 1.165) is 24.2 Å². The molecule has 5 nitrogen and oxygen atoms in total. The van der Waals surface area contributed by atoms with Crippen molar-refractivity contribution in [1.29, 1.82) is 0 Å². The molecule has 21 heavy (non-hydrogen) atoms. The number of urea groups is 1. The first-order valence-corrected chi connectivity index (χ1v) is 7.69. The van der Waals surface area contributed by atoms with Crippen molar-refractivity contribution in [2.45, 2.75) is 51.6 Å². The van der Waals surface area contributed by atoms with Crippen LogP contribution in [0.15, 0.2) is 24.5 Å². The van der Waals surface area contributed by atoms with Gasteiger partial charge >= 0.3 is 6.03 Å². The number of aryl methyl sites for hydroxylation is 1. The lowest BCUT2D eigenvalue weighted by atomic mass is 9.96. The van der Waals surface area contributed by atoms with E-state index in [1.54, 1.807) is 0 Å². The van der Waals surface area contributed by atoms with Crippen LogP contribution >= 0.6 is 0 Å². The molecule has 0 spiro atoms. The van der Waals surface area contributed by atoms with Crippen LogP contribution in [0, 0.1) is 6.92 Å². The Kier molecular flexibility index (Phi) is 4.08. The molecule has 0 bridgehead atoms. The maximum absolute atomic E-state index is 11.9. The van der Waals surface area contributed by atoms with Gasteiger partial charge in [0, 0.05) is 18.4 Å². The molecule has 2 heterocycles. The van der Waals surface area contributed by atoms with E-state index in [-0.39, 0.29) is 6.03 Å². The minimum atomic E-state index is -0.0878. The fourth-order valence-electron chi connectivity index (χ4n) is 2.88. The van der Waals surface area contributed by atoms with Gasteiger partial charge in [-0.3, -0.25) is 0 Å². The first-order chi connectivity index (χ1) is 10.2. The molecule has 2 amide bonds. The van der Waals surface area contributed by atoms with E-state index in [1.807, 2.05) is 35.9 Å². The third-order valence-electron chi connectivity index (χ3n) is 4.04. The third-order valence-corrected chi connectivity index (χ3v) is 4.04. The van der Waals surface area contributed by atoms with Crippen molar-refractivity contribution in [2.75, 3.05) is 0 Å². The largest absolute Gasteiger partial charge is 0.335 e. The Morgan fingerprint density at radius 2 is 2.19 bits per heavy atom. The molecule has 1 saturated carbocycles. The summed E-state index contributed by atoms with van der Waals surface area (Å²) in [5.41, 5.74) is 2.97. The Bertz CT molecular complexity index is 628. The minimum Gasteiger partial charge on any atom is -0.335 e. The number of nitrogens with zero attached hydrogens (tertiary/aromatic N) is 2. The van der Waals surface area contributed by atoms with Gasteiger partial charge < -0.3 is 15.0 Å². The molecule has 0 saturated heterocycles. The molecule has 5 heteroatoms. The zero-order chi connectivity index (χ0) is 14.7. The van der Waals surface area contributed by atoms with Gasteiger partial charge in [-0.25, -0.2) is 9.78 Å². The molecule has 1 fully saturated rings. The van der Waals surface area contributed by atoms with Crippen LogP contribution in [-0.4, -0.2) is 21.5 Å². The van der Waals surface area contributed by atoms with Crippen molar-refractivity contribution in [3.63, 3.8) is 0 Å². The number of rotatable bonds is 3. The number of hydrogen-bond donors (Lipinski definition) is 2. The highest BCUT2D eigenvalue weighted by Crippen LogP contribution is 2.17. The Morgan fingerprint density at radius 1 is 1.38 bits per heavy atom. The van der Waals surface area contributed by atoms with Crippen LogP contribution in [0.4, 0.5) is 4.79 Å². The van der Waals surface area contributed by atoms with Gasteiger partial charge in [0.2, 0.25) is 0 Å². The Hall–Kier alpha value is -2.04. The average Bonchev–Trinajstić information content (AvgIpc) is 2.88. The predicted molar refractivity (Wildman–Crippen MR) is 82.2 cm³/mol. The first kappa shape index (κ1) is 13.9. The molecule has 0 unspecified atom stereocenters. The van der Waals surface area contributed by atoms with E-state index in [1.165, 1.54) is 24.8 Å². The van der Waals surface area contributed by atoms with E-state index < -0.39 is 0 Å². The number of amides is 2. The molecule has 1 aliphatic rings. The van der Waals surface area contributed by atoms with Gasteiger partial charge in [0.15, 0.2) is 0 Å². The predicted octanol–water partition coefficient (Wildman–Crippen LogP) is 2.77. The summed E-state index contributed by atoms with van der Waals surface area (Å²) in [6.45, 7) is 2.50. The number of imidazole rings is 1. The van der Waals surface area contributed by atoms with E-state index >= 15 is 0 Å². The maximum Gasteiger partial charge on any atom is 0.315 e. The number of pyridine rings is 1. The van der Waals surface area contributed by atoms with Crippen molar-refractivity contribution < 1.29 is 4.79 Å². The van der Waals surface area contributed by atoms with E-state index in [2.05, 4.69) is 15.6 Å². The van der Waals surface area contributed by atoms with Crippen LogP contribution in [0.1, 0.15) is 43.4 Å². The van der Waals surface area contributed by atoms with Crippen LogP contribution in [-0.2, 0) is 6.54 Å². The number of fused-ring (bicyclic) bond motifs is 1. The summed E-state index contributed by atoms with van der Waals surface area (Å²) in [5.74, 6) is 0. The van der Waals surface area contributed by atoms with Gasteiger partial charge in [-0.1, -0.05) is 19.3 Å². The number of carbonyl (C=O) groups is 1. The van der Waals surface area contributed by atoms with Crippen LogP contribution in [0.2, 0.25) is 0 Å². The summed E-state index contributed by atoms with van der Waals surface area (Å²) < 4.78 is 1.98. The normalized spacial score (nSPS) is 16.0. The lowest BCUT2D eigenvalue weighted by molar-refractivity contribution is 0.232. The average molecular weight is 286 g/mol. The lowest BCUT2D eigenvalue weighted by Crippen LogP contribution is -2.42. The highest BCUT2D eigenvalue weighted by atomic mass is 16.2. The number of hydrogen-bond acceptors (Lipinski definition) is 2. The molecule has 1 aliphatic carbocycles. The zero-order valence-electron chi connectivity index (χ0n) is 12.4. The molecule has 112 valence electrons. The smallest absolute Gasteiger partial charge is 0.315 e. The monoisotopic (exact) mass is 286 g/mol. The quantitative estimate of drug-likeness (QED) is 0.911. The number of nitrogens with one attached hydrogen (secondary N) is 2. The minimum absolute atomic E-state index is 0.0878. The second-order valence-electron chi connectivity index (χ2n) is 5.86. The van der Waals surface area contributed by atoms with Crippen molar-refractivity contribution >= 4 is 11.7 Å². The van der Waals surface area contributed by atoms with Gasteiger partial charge in [-0.05, 0) is 37.5 Å². The van der Waals surface area contributed by atoms with Gasteiger partial charge in [-0.15, -0.1) is 0 Å². The number of carbonyl (C=O) groups excluding carboxylic acids is 1. The Balaban J connectivity index is 1.54. The lowest BCUT2D eigenvalue weighted by Gasteiger charge is -2.22. The first-order valence-electron chi connectivity index (χ1n) is 7.69. The summed E-state index contributed by atoms with van der Waals surface area (Å²) in [6, 6.07) is 4.32. The summed E-state index contributed by atoms with van der Waals surface area (Å²) in [6.07, 6.45) is 9.87. The van der Waals surface area contributed by atoms with E-state index in [0.29, 0.717) is 12.6 Å². The van der Waals surface area contributed by atoms with Crippen molar-refractivity contribution in [3.05, 3.63) is 35.8 Å². The van der Waals surface area contributed by atoms with Crippen molar-refractivity contribution in [1.82, 2.24) is 20.0 Å². The topological polar surface area (TPSA) is 58.4 Å². The van der Waals surface area contributed by atoms with E-state index in [4.69, 9.17) is 0 Å². The van der Waals surface area contributed by atoms with Crippen molar-refractivity contribution in [2.24, 2.45) is 0 Å². The number of aromatic nitrogens is 2. The van der Waals surface area contributed by atoms with Gasteiger partial charge in [0.05, 0.1) is 12.2 Å². The molecular weight excluding hydrogens is 264 g/mol. The Labute approximate surface area is 124 Å². The van der Waals surface area contributed by atoms with Crippen LogP contribution in [0.25, 0.3) is 5.65 Å². The summed E-state index contributed by atoms with van der Waals surface area (Å²) >= 11 is 0. The summed E-state index contributed by atoms with van der Waals surface area (Å²) in [4.78, 5) is 16.4. The SMILES string of the molecule is Cc1ccn2cc(CNC(=O)NC3CCCCC3)nc2c1.